The summed E-state index contributed by atoms with van der Waals surface area (Å²) in [6, 6.07) is 14.6. The van der Waals surface area contributed by atoms with E-state index in [2.05, 4.69) is 34.5 Å². The molecule has 0 radical (unpaired) electrons. The summed E-state index contributed by atoms with van der Waals surface area (Å²) in [4.78, 5) is 5.96. The van der Waals surface area contributed by atoms with Crippen LogP contribution in [0.4, 0.5) is 4.39 Å². The van der Waals surface area contributed by atoms with E-state index in [1.54, 1.807) is 23.1 Å². The first-order chi connectivity index (χ1) is 12.5. The number of hydrogen-bond acceptors (Lipinski definition) is 3. The van der Waals surface area contributed by atoms with Crippen molar-refractivity contribution in [1.82, 2.24) is 25.0 Å². The van der Waals surface area contributed by atoms with E-state index in [4.69, 9.17) is 12.2 Å². The maximum atomic E-state index is 13.0. The number of halogens is 1. The summed E-state index contributed by atoms with van der Waals surface area (Å²) in [5, 5.41) is 7.98. The van der Waals surface area contributed by atoms with Crippen LogP contribution in [-0.2, 0) is 6.54 Å². The minimum Gasteiger partial charge on any atom is -0.358 e. The lowest BCUT2D eigenvalue weighted by atomic mass is 10.1. The lowest BCUT2D eigenvalue weighted by Gasteiger charge is -2.28. The number of benzene rings is 2. The van der Waals surface area contributed by atoms with Gasteiger partial charge in [0.2, 0.25) is 0 Å². The van der Waals surface area contributed by atoms with Crippen LogP contribution in [0.3, 0.4) is 0 Å². The van der Waals surface area contributed by atoms with Gasteiger partial charge in [-0.3, -0.25) is 0 Å². The van der Waals surface area contributed by atoms with Gasteiger partial charge in [0.15, 0.2) is 5.11 Å². The van der Waals surface area contributed by atoms with Gasteiger partial charge in [0.05, 0.1) is 11.7 Å². The second-order valence-corrected chi connectivity index (χ2v) is 6.39. The molecule has 0 unspecified atom stereocenters. The fraction of sp³-hybridized carbons (Fsp3) is 0.211. The van der Waals surface area contributed by atoms with Gasteiger partial charge >= 0.3 is 0 Å². The number of nitrogens with one attached hydrogen (secondary N) is 1. The maximum Gasteiger partial charge on any atom is 0.169 e. The molecule has 7 heteroatoms. The average Bonchev–Trinajstić information content (AvgIpc) is 3.21. The van der Waals surface area contributed by atoms with E-state index in [1.165, 1.54) is 18.5 Å². The van der Waals surface area contributed by atoms with Gasteiger partial charge in [-0.15, -0.1) is 0 Å². The Kier molecular flexibility index (Phi) is 5.58. The van der Waals surface area contributed by atoms with Crippen LogP contribution in [0, 0.1) is 5.82 Å². The largest absolute Gasteiger partial charge is 0.358 e. The normalized spacial score (nSPS) is 11.8. The fourth-order valence-corrected chi connectivity index (χ4v) is 2.78. The summed E-state index contributed by atoms with van der Waals surface area (Å²) in [6.07, 6.45) is 3.18. The highest BCUT2D eigenvalue weighted by molar-refractivity contribution is 7.80. The third kappa shape index (κ3) is 4.23. The summed E-state index contributed by atoms with van der Waals surface area (Å²) < 4.78 is 14.7. The first kappa shape index (κ1) is 18.0. The Morgan fingerprint density at radius 3 is 2.50 bits per heavy atom. The van der Waals surface area contributed by atoms with Gasteiger partial charge in [0.25, 0.3) is 0 Å². The molecule has 5 nitrogen and oxygen atoms in total. The van der Waals surface area contributed by atoms with Crippen LogP contribution in [0.2, 0.25) is 0 Å². The molecule has 1 atom stereocenters. The van der Waals surface area contributed by atoms with Crippen molar-refractivity contribution in [1.29, 1.82) is 0 Å². The van der Waals surface area contributed by atoms with E-state index in [-0.39, 0.29) is 11.9 Å². The molecule has 0 aliphatic rings. The van der Waals surface area contributed by atoms with Crippen LogP contribution < -0.4 is 5.32 Å². The Balaban J connectivity index is 1.60. The van der Waals surface area contributed by atoms with Gasteiger partial charge in [-0.1, -0.05) is 24.3 Å². The van der Waals surface area contributed by atoms with E-state index in [9.17, 15) is 4.39 Å². The standard InChI is InChI=1S/C19H20FN5S/c1-14(16-5-9-18(10-6-16)25-13-21-12-23-25)24(2)19(26)22-11-15-3-7-17(20)8-4-15/h3-10,12-14H,11H2,1-2H3,(H,22,26)/t14-/m1/s1. The zero-order valence-electron chi connectivity index (χ0n) is 14.6. The fourth-order valence-electron chi connectivity index (χ4n) is 2.55. The third-order valence-corrected chi connectivity index (χ3v) is 4.75. The van der Waals surface area contributed by atoms with Crippen molar-refractivity contribution in [2.45, 2.75) is 19.5 Å². The topological polar surface area (TPSA) is 46.0 Å². The van der Waals surface area contributed by atoms with Crippen molar-refractivity contribution >= 4 is 17.3 Å². The molecule has 3 rings (SSSR count). The molecule has 26 heavy (non-hydrogen) atoms. The van der Waals surface area contributed by atoms with Crippen LogP contribution in [-0.4, -0.2) is 31.8 Å². The predicted octanol–water partition coefficient (Wildman–Crippen LogP) is 3.47. The second kappa shape index (κ2) is 8.05. The van der Waals surface area contributed by atoms with E-state index in [1.807, 2.05) is 24.1 Å². The molecule has 0 saturated carbocycles. The highest BCUT2D eigenvalue weighted by atomic mass is 32.1. The Bertz CT molecular complexity index is 847. The summed E-state index contributed by atoms with van der Waals surface area (Å²) in [6.45, 7) is 2.65. The Hall–Kier alpha value is -2.80. The summed E-state index contributed by atoms with van der Waals surface area (Å²) in [5.41, 5.74) is 3.08. The van der Waals surface area contributed by atoms with Gasteiger partial charge < -0.3 is 10.2 Å². The highest BCUT2D eigenvalue weighted by Crippen LogP contribution is 2.20. The van der Waals surface area contributed by atoms with Crippen molar-refractivity contribution in [2.75, 3.05) is 7.05 Å². The van der Waals surface area contributed by atoms with E-state index >= 15 is 0 Å². The molecule has 1 heterocycles. The first-order valence-corrected chi connectivity index (χ1v) is 8.65. The van der Waals surface area contributed by atoms with Crippen molar-refractivity contribution in [3.63, 3.8) is 0 Å². The van der Waals surface area contributed by atoms with Gasteiger partial charge in [-0.2, -0.15) is 5.10 Å². The third-order valence-electron chi connectivity index (χ3n) is 4.32. The maximum absolute atomic E-state index is 13.0. The Morgan fingerprint density at radius 2 is 1.88 bits per heavy atom. The van der Waals surface area contributed by atoms with Crippen molar-refractivity contribution in [3.05, 3.63) is 78.1 Å². The van der Waals surface area contributed by atoms with Crippen LogP contribution >= 0.6 is 12.2 Å². The van der Waals surface area contributed by atoms with Crippen molar-refractivity contribution < 1.29 is 4.39 Å². The number of thiocarbonyl (C=S) groups is 1. The van der Waals surface area contributed by atoms with Crippen LogP contribution in [0.1, 0.15) is 24.1 Å². The molecule has 3 aromatic rings. The van der Waals surface area contributed by atoms with Crippen molar-refractivity contribution in [2.24, 2.45) is 0 Å². The molecule has 0 spiro atoms. The molecule has 0 aliphatic heterocycles. The lowest BCUT2D eigenvalue weighted by Crippen LogP contribution is -2.38. The van der Waals surface area contributed by atoms with Gasteiger partial charge in [-0.25, -0.2) is 14.1 Å². The number of rotatable bonds is 5. The molecule has 134 valence electrons. The van der Waals surface area contributed by atoms with Crippen molar-refractivity contribution in [3.8, 4) is 5.69 Å². The minimum absolute atomic E-state index is 0.105. The number of nitrogens with zero attached hydrogens (tertiary/aromatic N) is 4. The van der Waals surface area contributed by atoms with Gasteiger partial charge in [-0.05, 0) is 54.5 Å². The first-order valence-electron chi connectivity index (χ1n) is 8.24. The van der Waals surface area contributed by atoms with Crippen LogP contribution in [0.25, 0.3) is 5.69 Å². The van der Waals surface area contributed by atoms with E-state index < -0.39 is 0 Å². The summed E-state index contributed by atoms with van der Waals surface area (Å²) in [5.74, 6) is -0.239. The lowest BCUT2D eigenvalue weighted by molar-refractivity contribution is 0.395. The Labute approximate surface area is 157 Å². The summed E-state index contributed by atoms with van der Waals surface area (Å²) >= 11 is 5.49. The average molecular weight is 369 g/mol. The summed E-state index contributed by atoms with van der Waals surface area (Å²) in [7, 11) is 1.95. The quantitative estimate of drug-likeness (QED) is 0.698. The molecular weight excluding hydrogens is 349 g/mol. The molecule has 0 fully saturated rings. The molecule has 2 aromatic carbocycles. The molecule has 0 bridgehead atoms. The molecule has 1 N–H and O–H groups in total. The van der Waals surface area contributed by atoms with E-state index in [0.717, 1.165) is 16.8 Å². The SMILES string of the molecule is C[C@H](c1ccc(-n2cncn2)cc1)N(C)C(=S)NCc1ccc(F)cc1. The molecule has 0 aliphatic carbocycles. The molecular formula is C19H20FN5S. The zero-order chi connectivity index (χ0) is 18.5. The predicted molar refractivity (Wildman–Crippen MR) is 103 cm³/mol. The smallest absolute Gasteiger partial charge is 0.169 e. The van der Waals surface area contributed by atoms with Gasteiger partial charge in [0.1, 0.15) is 18.5 Å². The van der Waals surface area contributed by atoms with Crippen LogP contribution in [0.15, 0.2) is 61.2 Å². The van der Waals surface area contributed by atoms with E-state index in [0.29, 0.717) is 11.7 Å². The molecule has 0 amide bonds. The number of hydrogen-bond donors (Lipinski definition) is 1. The minimum atomic E-state index is -0.239. The molecule has 1 aromatic heterocycles. The monoisotopic (exact) mass is 369 g/mol. The van der Waals surface area contributed by atoms with Gasteiger partial charge in [0, 0.05) is 13.6 Å². The highest BCUT2D eigenvalue weighted by Gasteiger charge is 2.14. The zero-order valence-corrected chi connectivity index (χ0v) is 15.4. The molecule has 0 saturated heterocycles. The Morgan fingerprint density at radius 1 is 1.19 bits per heavy atom. The van der Waals surface area contributed by atoms with Crippen LogP contribution in [0.5, 0.6) is 0 Å². The number of aromatic nitrogens is 3. The second-order valence-electron chi connectivity index (χ2n) is 6.00.